The number of fused-ring (bicyclic) bond motifs is 2. The predicted octanol–water partition coefficient (Wildman–Crippen LogP) is 2.97. The van der Waals surface area contributed by atoms with E-state index in [4.69, 9.17) is 0 Å². The van der Waals surface area contributed by atoms with Gasteiger partial charge < -0.3 is 5.11 Å². The summed E-state index contributed by atoms with van der Waals surface area (Å²) in [5, 5.41) is 9.71. The lowest BCUT2D eigenvalue weighted by atomic mass is 9.72. The quantitative estimate of drug-likeness (QED) is 0.680. The van der Waals surface area contributed by atoms with Crippen molar-refractivity contribution in [1.82, 2.24) is 0 Å². The van der Waals surface area contributed by atoms with Gasteiger partial charge in [0.15, 0.2) is 0 Å². The van der Waals surface area contributed by atoms with Crippen LogP contribution in [0.3, 0.4) is 0 Å². The van der Waals surface area contributed by atoms with Crippen LogP contribution in [0.25, 0.3) is 0 Å². The topological polar surface area (TPSA) is 20.2 Å². The molecule has 3 aliphatic rings. The van der Waals surface area contributed by atoms with Crippen molar-refractivity contribution >= 4 is 0 Å². The number of hydrogen-bond acceptors (Lipinski definition) is 1. The van der Waals surface area contributed by atoms with Crippen LogP contribution < -0.4 is 0 Å². The second kappa shape index (κ2) is 3.52. The summed E-state index contributed by atoms with van der Waals surface area (Å²) in [4.78, 5) is 0. The molecule has 1 heteroatoms. The molecule has 0 aliphatic heterocycles. The zero-order chi connectivity index (χ0) is 9.54. The van der Waals surface area contributed by atoms with E-state index in [1.165, 1.54) is 38.5 Å². The fraction of sp³-hybridized carbons (Fsp3) is 1.00. The molecule has 80 valence electrons. The SMILES string of the molecule is O[C@@H]1CCC[C@@H]([C@H]2C[C@H]3CC[C@H]2C3)C1. The van der Waals surface area contributed by atoms with Gasteiger partial charge in [-0.3, -0.25) is 0 Å². The molecule has 5 atom stereocenters. The molecule has 0 unspecified atom stereocenters. The monoisotopic (exact) mass is 194 g/mol. The van der Waals surface area contributed by atoms with E-state index in [2.05, 4.69) is 0 Å². The van der Waals surface area contributed by atoms with Gasteiger partial charge in [0, 0.05) is 0 Å². The lowest BCUT2D eigenvalue weighted by Gasteiger charge is -2.35. The molecule has 0 radical (unpaired) electrons. The maximum atomic E-state index is 9.71. The van der Waals surface area contributed by atoms with E-state index in [0.717, 1.165) is 36.5 Å². The third-order valence-electron chi connectivity index (χ3n) is 5.09. The standard InChI is InChI=1S/C13H22O/c14-12-3-1-2-10(8-12)13-7-9-4-5-11(13)6-9/h9-14H,1-8H2/t9-,10+,11-,12+,13+/m0/s1. The van der Waals surface area contributed by atoms with Gasteiger partial charge in [0.25, 0.3) is 0 Å². The molecule has 0 saturated heterocycles. The molecule has 3 saturated carbocycles. The third kappa shape index (κ3) is 1.50. The summed E-state index contributed by atoms with van der Waals surface area (Å²) in [6.45, 7) is 0. The fourth-order valence-electron chi connectivity index (χ4n) is 4.46. The smallest absolute Gasteiger partial charge is 0.0543 e. The van der Waals surface area contributed by atoms with Crippen molar-refractivity contribution in [3.63, 3.8) is 0 Å². The van der Waals surface area contributed by atoms with E-state index >= 15 is 0 Å². The molecule has 0 amide bonds. The first-order valence-corrected chi connectivity index (χ1v) is 6.51. The molecule has 1 N–H and O–H groups in total. The van der Waals surface area contributed by atoms with E-state index < -0.39 is 0 Å². The van der Waals surface area contributed by atoms with Crippen LogP contribution in [0.15, 0.2) is 0 Å². The second-order valence-corrected chi connectivity index (χ2v) is 5.92. The van der Waals surface area contributed by atoms with Crippen molar-refractivity contribution in [3.8, 4) is 0 Å². The Morgan fingerprint density at radius 3 is 2.29 bits per heavy atom. The minimum Gasteiger partial charge on any atom is -0.393 e. The fourth-order valence-corrected chi connectivity index (χ4v) is 4.46. The Morgan fingerprint density at radius 2 is 1.64 bits per heavy atom. The van der Waals surface area contributed by atoms with Gasteiger partial charge in [0.2, 0.25) is 0 Å². The Bertz CT molecular complexity index is 213. The number of rotatable bonds is 1. The summed E-state index contributed by atoms with van der Waals surface area (Å²) in [6.07, 6.45) is 10.9. The summed E-state index contributed by atoms with van der Waals surface area (Å²) in [7, 11) is 0. The van der Waals surface area contributed by atoms with Gasteiger partial charge in [0.1, 0.15) is 0 Å². The maximum Gasteiger partial charge on any atom is 0.0543 e. The van der Waals surface area contributed by atoms with Crippen LogP contribution in [0.5, 0.6) is 0 Å². The van der Waals surface area contributed by atoms with Gasteiger partial charge in [-0.25, -0.2) is 0 Å². The highest BCUT2D eigenvalue weighted by Crippen LogP contribution is 2.53. The number of aliphatic hydroxyl groups excluding tert-OH is 1. The second-order valence-electron chi connectivity index (χ2n) is 5.92. The molecule has 0 aromatic carbocycles. The van der Waals surface area contributed by atoms with Crippen molar-refractivity contribution in [1.29, 1.82) is 0 Å². The molecule has 0 aromatic rings. The normalized spacial score (nSPS) is 52.5. The maximum absolute atomic E-state index is 9.71. The van der Waals surface area contributed by atoms with Gasteiger partial charge in [0.05, 0.1) is 6.10 Å². The van der Waals surface area contributed by atoms with Crippen LogP contribution in [0.1, 0.15) is 51.4 Å². The molecule has 0 heterocycles. The van der Waals surface area contributed by atoms with E-state index in [9.17, 15) is 5.11 Å². The van der Waals surface area contributed by atoms with Crippen LogP contribution in [0.4, 0.5) is 0 Å². The summed E-state index contributed by atoms with van der Waals surface area (Å²) in [6, 6.07) is 0. The Labute approximate surface area is 86.9 Å². The number of aliphatic hydroxyl groups is 1. The molecule has 2 bridgehead atoms. The Balaban J connectivity index is 1.65. The average molecular weight is 194 g/mol. The van der Waals surface area contributed by atoms with Gasteiger partial charge in [-0.15, -0.1) is 0 Å². The first kappa shape index (κ1) is 9.21. The summed E-state index contributed by atoms with van der Waals surface area (Å²) in [5.41, 5.74) is 0. The Hall–Kier alpha value is -0.0400. The van der Waals surface area contributed by atoms with Crippen LogP contribution >= 0.6 is 0 Å². The highest BCUT2D eigenvalue weighted by atomic mass is 16.3. The minimum absolute atomic E-state index is 0.0351. The molecular formula is C13H22O. The van der Waals surface area contributed by atoms with Gasteiger partial charge in [-0.1, -0.05) is 12.8 Å². The lowest BCUT2D eigenvalue weighted by molar-refractivity contribution is 0.0650. The summed E-state index contributed by atoms with van der Waals surface area (Å²) >= 11 is 0. The highest BCUT2D eigenvalue weighted by molar-refractivity contribution is 4.94. The Kier molecular flexibility index (Phi) is 2.31. The van der Waals surface area contributed by atoms with Crippen LogP contribution in [-0.2, 0) is 0 Å². The zero-order valence-corrected chi connectivity index (χ0v) is 8.99. The van der Waals surface area contributed by atoms with E-state index in [0.29, 0.717) is 0 Å². The predicted molar refractivity (Wildman–Crippen MR) is 56.9 cm³/mol. The van der Waals surface area contributed by atoms with Crippen molar-refractivity contribution in [2.45, 2.75) is 57.5 Å². The molecule has 0 spiro atoms. The Morgan fingerprint density at radius 1 is 0.786 bits per heavy atom. The molecular weight excluding hydrogens is 172 g/mol. The van der Waals surface area contributed by atoms with Crippen LogP contribution in [0, 0.1) is 23.7 Å². The highest BCUT2D eigenvalue weighted by Gasteiger charge is 2.43. The van der Waals surface area contributed by atoms with Gasteiger partial charge >= 0.3 is 0 Å². The molecule has 3 aliphatic carbocycles. The van der Waals surface area contributed by atoms with Gasteiger partial charge in [-0.05, 0) is 62.2 Å². The van der Waals surface area contributed by atoms with Crippen LogP contribution in [-0.4, -0.2) is 11.2 Å². The molecule has 3 rings (SSSR count). The first-order chi connectivity index (χ1) is 6.83. The summed E-state index contributed by atoms with van der Waals surface area (Å²) < 4.78 is 0. The number of hydrogen-bond donors (Lipinski definition) is 1. The average Bonchev–Trinajstić information content (AvgIpc) is 2.78. The van der Waals surface area contributed by atoms with E-state index in [-0.39, 0.29) is 6.10 Å². The first-order valence-electron chi connectivity index (χ1n) is 6.51. The van der Waals surface area contributed by atoms with Crippen molar-refractivity contribution in [3.05, 3.63) is 0 Å². The minimum atomic E-state index is 0.0351. The van der Waals surface area contributed by atoms with E-state index in [1.54, 1.807) is 0 Å². The zero-order valence-electron chi connectivity index (χ0n) is 8.99. The molecule has 3 fully saturated rings. The van der Waals surface area contributed by atoms with E-state index in [1.807, 2.05) is 0 Å². The van der Waals surface area contributed by atoms with Gasteiger partial charge in [-0.2, -0.15) is 0 Å². The largest absolute Gasteiger partial charge is 0.393 e. The molecule has 0 aromatic heterocycles. The third-order valence-corrected chi connectivity index (χ3v) is 5.09. The molecule has 14 heavy (non-hydrogen) atoms. The van der Waals surface area contributed by atoms with Crippen molar-refractivity contribution in [2.24, 2.45) is 23.7 Å². The van der Waals surface area contributed by atoms with Crippen LogP contribution in [0.2, 0.25) is 0 Å². The lowest BCUT2D eigenvalue weighted by Crippen LogP contribution is -2.28. The van der Waals surface area contributed by atoms with Crippen molar-refractivity contribution < 1.29 is 5.11 Å². The summed E-state index contributed by atoms with van der Waals surface area (Å²) in [5.74, 6) is 4.01. The van der Waals surface area contributed by atoms with Crippen molar-refractivity contribution in [2.75, 3.05) is 0 Å². The molecule has 1 nitrogen and oxygen atoms in total.